The molecule has 0 bridgehead atoms. The van der Waals surface area contributed by atoms with Gasteiger partial charge in [-0.1, -0.05) is 24.0 Å². The lowest BCUT2D eigenvalue weighted by Crippen LogP contribution is -2.24. The van der Waals surface area contributed by atoms with Crippen molar-refractivity contribution < 1.29 is 4.74 Å². The first-order valence-electron chi connectivity index (χ1n) is 9.34. The van der Waals surface area contributed by atoms with E-state index in [0.717, 1.165) is 42.9 Å². The first-order chi connectivity index (χ1) is 12.3. The fourth-order valence-corrected chi connectivity index (χ4v) is 3.15. The third kappa shape index (κ3) is 4.08. The number of aryl methyl sites for hydroxylation is 1. The van der Waals surface area contributed by atoms with Gasteiger partial charge in [0.2, 0.25) is 0 Å². The summed E-state index contributed by atoms with van der Waals surface area (Å²) in [5.41, 5.74) is 3.91. The van der Waals surface area contributed by atoms with Crippen LogP contribution < -0.4 is 0 Å². The van der Waals surface area contributed by atoms with Crippen LogP contribution >= 0.6 is 0 Å². The maximum atomic E-state index is 5.79. The van der Waals surface area contributed by atoms with Crippen LogP contribution in [0.2, 0.25) is 0 Å². The molecule has 130 valence electrons. The van der Waals surface area contributed by atoms with Crippen LogP contribution in [0, 0.1) is 17.8 Å². The normalized spacial score (nSPS) is 20.1. The van der Waals surface area contributed by atoms with Crippen molar-refractivity contribution in [1.29, 1.82) is 0 Å². The lowest BCUT2D eigenvalue weighted by molar-refractivity contribution is 0.00370. The average molecular weight is 336 g/mol. The second kappa shape index (κ2) is 7.37. The Labute approximate surface area is 148 Å². The molecule has 0 N–H and O–H groups in total. The molecule has 3 heterocycles. The van der Waals surface area contributed by atoms with Gasteiger partial charge in [0.05, 0.1) is 24.5 Å². The number of hydrogen-bond donors (Lipinski definition) is 0. The van der Waals surface area contributed by atoms with Crippen LogP contribution in [0.4, 0.5) is 0 Å². The molecule has 1 saturated heterocycles. The highest BCUT2D eigenvalue weighted by atomic mass is 16.5. The standard InChI is InChI=1S/C20H24N4O/c1-2-17-11-16(9-8-15-6-7-15)12-21-20(17)19-14-24(23-22-19)13-18-5-3-4-10-25-18/h11-12,14-15,18H,2-7,10,13H2,1H3. The summed E-state index contributed by atoms with van der Waals surface area (Å²) in [4.78, 5) is 4.63. The van der Waals surface area contributed by atoms with Crippen molar-refractivity contribution in [3.63, 3.8) is 0 Å². The SMILES string of the molecule is CCc1cc(C#CC2CC2)cnc1-c1cn(CC2CCCCO2)nn1. The Bertz CT molecular complexity index is 792. The first-order valence-corrected chi connectivity index (χ1v) is 9.34. The van der Waals surface area contributed by atoms with Gasteiger partial charge in [0.15, 0.2) is 0 Å². The van der Waals surface area contributed by atoms with E-state index < -0.39 is 0 Å². The topological polar surface area (TPSA) is 52.8 Å². The molecular formula is C20H24N4O. The number of pyridine rings is 1. The summed E-state index contributed by atoms with van der Waals surface area (Å²) in [5.74, 6) is 7.15. The summed E-state index contributed by atoms with van der Waals surface area (Å²) in [6, 6.07) is 2.14. The Morgan fingerprint density at radius 2 is 2.20 bits per heavy atom. The van der Waals surface area contributed by atoms with Gasteiger partial charge in [-0.3, -0.25) is 4.98 Å². The van der Waals surface area contributed by atoms with Gasteiger partial charge in [0, 0.05) is 24.3 Å². The van der Waals surface area contributed by atoms with Gasteiger partial charge >= 0.3 is 0 Å². The minimum atomic E-state index is 0.252. The van der Waals surface area contributed by atoms with Gasteiger partial charge in [-0.25, -0.2) is 4.68 Å². The zero-order valence-electron chi connectivity index (χ0n) is 14.7. The Morgan fingerprint density at radius 3 is 2.96 bits per heavy atom. The van der Waals surface area contributed by atoms with Crippen molar-refractivity contribution in [2.75, 3.05) is 6.61 Å². The molecule has 0 amide bonds. The van der Waals surface area contributed by atoms with Crippen molar-refractivity contribution >= 4 is 0 Å². The van der Waals surface area contributed by atoms with Crippen molar-refractivity contribution in [2.45, 2.75) is 58.1 Å². The van der Waals surface area contributed by atoms with Crippen molar-refractivity contribution in [3.8, 4) is 23.2 Å². The monoisotopic (exact) mass is 336 g/mol. The van der Waals surface area contributed by atoms with E-state index in [1.165, 1.54) is 31.2 Å². The molecular weight excluding hydrogens is 312 g/mol. The average Bonchev–Trinajstić information content (AvgIpc) is 3.38. The van der Waals surface area contributed by atoms with Crippen LogP contribution in [0.15, 0.2) is 18.5 Å². The van der Waals surface area contributed by atoms with E-state index in [9.17, 15) is 0 Å². The zero-order valence-corrected chi connectivity index (χ0v) is 14.7. The lowest BCUT2D eigenvalue weighted by Gasteiger charge is -2.21. The Morgan fingerprint density at radius 1 is 1.28 bits per heavy atom. The van der Waals surface area contributed by atoms with Crippen LogP contribution in [0.1, 0.15) is 50.2 Å². The van der Waals surface area contributed by atoms with Crippen molar-refractivity contribution in [2.24, 2.45) is 5.92 Å². The van der Waals surface area contributed by atoms with Crippen LogP contribution in [-0.4, -0.2) is 32.7 Å². The van der Waals surface area contributed by atoms with Gasteiger partial charge in [0.25, 0.3) is 0 Å². The van der Waals surface area contributed by atoms with E-state index in [0.29, 0.717) is 5.92 Å². The van der Waals surface area contributed by atoms with Gasteiger partial charge in [-0.2, -0.15) is 0 Å². The molecule has 1 unspecified atom stereocenters. The molecule has 4 rings (SSSR count). The molecule has 5 heteroatoms. The van der Waals surface area contributed by atoms with Gasteiger partial charge in [0.1, 0.15) is 5.69 Å². The molecule has 0 spiro atoms. The molecule has 0 aromatic carbocycles. The molecule has 2 aromatic rings. The molecule has 2 aromatic heterocycles. The molecule has 1 aliphatic carbocycles. The van der Waals surface area contributed by atoms with E-state index in [2.05, 4.69) is 40.1 Å². The molecule has 1 atom stereocenters. The maximum Gasteiger partial charge on any atom is 0.131 e. The lowest BCUT2D eigenvalue weighted by atomic mass is 10.1. The summed E-state index contributed by atoms with van der Waals surface area (Å²) in [7, 11) is 0. The van der Waals surface area contributed by atoms with Crippen molar-refractivity contribution in [3.05, 3.63) is 29.6 Å². The van der Waals surface area contributed by atoms with E-state index in [1.807, 2.05) is 17.1 Å². The third-order valence-corrected chi connectivity index (χ3v) is 4.79. The van der Waals surface area contributed by atoms with Gasteiger partial charge in [-0.15, -0.1) is 5.10 Å². The van der Waals surface area contributed by atoms with E-state index in [4.69, 9.17) is 4.74 Å². The number of hydrogen-bond acceptors (Lipinski definition) is 4. The molecule has 0 radical (unpaired) electrons. The zero-order chi connectivity index (χ0) is 17.1. The fraction of sp³-hybridized carbons (Fsp3) is 0.550. The Hall–Kier alpha value is -2.19. The van der Waals surface area contributed by atoms with Crippen LogP contribution in [0.25, 0.3) is 11.4 Å². The minimum Gasteiger partial charge on any atom is -0.376 e. The molecule has 25 heavy (non-hydrogen) atoms. The van der Waals surface area contributed by atoms with Crippen LogP contribution in [0.5, 0.6) is 0 Å². The fourth-order valence-electron chi connectivity index (χ4n) is 3.15. The predicted molar refractivity (Wildman–Crippen MR) is 95.8 cm³/mol. The Balaban J connectivity index is 1.51. The highest BCUT2D eigenvalue weighted by Crippen LogP contribution is 2.28. The predicted octanol–water partition coefficient (Wildman–Crippen LogP) is 3.23. The first kappa shape index (κ1) is 16.3. The summed E-state index contributed by atoms with van der Waals surface area (Å²) >= 11 is 0. The molecule has 2 aliphatic rings. The van der Waals surface area contributed by atoms with E-state index >= 15 is 0 Å². The number of aromatic nitrogens is 4. The van der Waals surface area contributed by atoms with Crippen molar-refractivity contribution in [1.82, 2.24) is 20.0 Å². The highest BCUT2D eigenvalue weighted by Gasteiger charge is 2.18. The summed E-state index contributed by atoms with van der Waals surface area (Å²) in [5, 5.41) is 8.60. The summed E-state index contributed by atoms with van der Waals surface area (Å²) < 4.78 is 7.67. The second-order valence-electron chi connectivity index (χ2n) is 6.94. The van der Waals surface area contributed by atoms with E-state index in [1.54, 1.807) is 0 Å². The molecule has 1 saturated carbocycles. The number of rotatable bonds is 4. The quantitative estimate of drug-likeness (QED) is 0.805. The van der Waals surface area contributed by atoms with Crippen LogP contribution in [-0.2, 0) is 17.7 Å². The largest absolute Gasteiger partial charge is 0.376 e. The third-order valence-electron chi connectivity index (χ3n) is 4.79. The Kier molecular flexibility index (Phi) is 4.80. The smallest absolute Gasteiger partial charge is 0.131 e. The van der Waals surface area contributed by atoms with Crippen LogP contribution in [0.3, 0.4) is 0 Å². The minimum absolute atomic E-state index is 0.252. The molecule has 5 nitrogen and oxygen atoms in total. The number of ether oxygens (including phenoxy) is 1. The maximum absolute atomic E-state index is 5.79. The highest BCUT2D eigenvalue weighted by molar-refractivity contribution is 5.59. The van der Waals surface area contributed by atoms with Gasteiger partial charge in [-0.05, 0) is 50.2 Å². The summed E-state index contributed by atoms with van der Waals surface area (Å²) in [6.45, 7) is 3.76. The second-order valence-corrected chi connectivity index (χ2v) is 6.94. The van der Waals surface area contributed by atoms with E-state index in [-0.39, 0.29) is 6.10 Å². The van der Waals surface area contributed by atoms with Gasteiger partial charge < -0.3 is 4.74 Å². The summed E-state index contributed by atoms with van der Waals surface area (Å²) in [6.07, 6.45) is 11.0. The number of nitrogens with zero attached hydrogens (tertiary/aromatic N) is 4. The molecule has 2 fully saturated rings. The molecule has 1 aliphatic heterocycles.